The van der Waals surface area contributed by atoms with Crippen LogP contribution in [0.3, 0.4) is 0 Å². The van der Waals surface area contributed by atoms with Crippen LogP contribution >= 0.6 is 11.6 Å². The largest absolute Gasteiger partial charge is 0.345 e. The van der Waals surface area contributed by atoms with Crippen molar-refractivity contribution in [1.82, 2.24) is 4.98 Å². The van der Waals surface area contributed by atoms with Crippen molar-refractivity contribution >= 4 is 17.4 Å². The molecule has 130 valence electrons. The van der Waals surface area contributed by atoms with Crippen molar-refractivity contribution in [2.75, 3.05) is 5.32 Å². The third-order valence-electron chi connectivity index (χ3n) is 5.05. The molecule has 1 N–H and O–H groups in total. The summed E-state index contributed by atoms with van der Waals surface area (Å²) in [4.78, 5) is 4.45. The summed E-state index contributed by atoms with van der Waals surface area (Å²) in [5.74, 6) is 1.40. The first-order chi connectivity index (χ1) is 12.2. The van der Waals surface area contributed by atoms with Gasteiger partial charge >= 0.3 is 0 Å². The smallest absolute Gasteiger partial charge is 0.289 e. The van der Waals surface area contributed by atoms with Gasteiger partial charge in [0.2, 0.25) is 0 Å². The molecule has 1 fully saturated rings. The number of rotatable bonds is 5. The van der Waals surface area contributed by atoms with Gasteiger partial charge in [0.25, 0.3) is 12.1 Å². The Kier molecular flexibility index (Phi) is 5.88. The van der Waals surface area contributed by atoms with E-state index in [1.165, 1.54) is 18.4 Å². The van der Waals surface area contributed by atoms with Crippen LogP contribution in [0.2, 0.25) is 5.02 Å². The third-order valence-corrected chi connectivity index (χ3v) is 5.45. The van der Waals surface area contributed by atoms with Gasteiger partial charge in [0.15, 0.2) is 11.6 Å². The van der Waals surface area contributed by atoms with Crippen LogP contribution in [0, 0.1) is 11.3 Å². The summed E-state index contributed by atoms with van der Waals surface area (Å²) in [5.41, 5.74) is 2.40. The Bertz CT molecular complexity index is 746. The average Bonchev–Trinajstić information content (AvgIpc) is 2.66. The Morgan fingerprint density at radius 3 is 2.60 bits per heavy atom. The summed E-state index contributed by atoms with van der Waals surface area (Å²) in [6.07, 6.45) is 7.09. The third kappa shape index (κ3) is 4.11. The summed E-state index contributed by atoms with van der Waals surface area (Å²) in [6.45, 7) is 2.32. The molecule has 0 radical (unpaired) electrons. The lowest BCUT2D eigenvalue weighted by Crippen LogP contribution is -2.39. The molecule has 1 heterocycles. The van der Waals surface area contributed by atoms with E-state index in [1.54, 1.807) is 6.33 Å². The van der Waals surface area contributed by atoms with Crippen LogP contribution in [-0.2, 0) is 13.0 Å². The lowest BCUT2D eigenvalue weighted by molar-refractivity contribution is -0.695. The topological polar surface area (TPSA) is 52.6 Å². The lowest BCUT2D eigenvalue weighted by atomic mass is 9.82. The number of halogens is 1. The van der Waals surface area contributed by atoms with E-state index in [9.17, 15) is 0 Å². The number of benzene rings is 1. The van der Waals surface area contributed by atoms with Crippen molar-refractivity contribution in [3.63, 3.8) is 0 Å². The second-order valence-electron chi connectivity index (χ2n) is 6.60. The maximum absolute atomic E-state index is 8.92. The highest BCUT2D eigenvalue weighted by Gasteiger charge is 2.25. The highest BCUT2D eigenvalue weighted by atomic mass is 35.5. The number of hydrogen-bond acceptors (Lipinski definition) is 3. The molecule has 4 nitrogen and oxygen atoms in total. The molecular weight excluding hydrogens is 332 g/mol. The van der Waals surface area contributed by atoms with Gasteiger partial charge in [-0.05, 0) is 42.1 Å². The second-order valence-corrected chi connectivity index (χ2v) is 6.97. The summed E-state index contributed by atoms with van der Waals surface area (Å²) >= 11 is 6.54. The minimum Gasteiger partial charge on any atom is -0.345 e. The van der Waals surface area contributed by atoms with Gasteiger partial charge in [-0.3, -0.25) is 0 Å². The Balaban J connectivity index is 1.65. The van der Waals surface area contributed by atoms with Crippen molar-refractivity contribution in [1.29, 1.82) is 5.26 Å². The standard InChI is InChI=1S/C20H23ClN4/c1-2-18-19(21)20(23-14-25(18)13-12-22)24-17-10-8-16(9-11-17)15-6-4-3-5-7-15/h3-7,14,16-17H,2,8-11,13H2,1H3/p+1. The van der Waals surface area contributed by atoms with E-state index in [1.807, 2.05) is 11.5 Å². The average molecular weight is 356 g/mol. The zero-order valence-corrected chi connectivity index (χ0v) is 15.3. The normalized spacial score (nSPS) is 20.0. The molecule has 2 aromatic rings. The van der Waals surface area contributed by atoms with E-state index in [4.69, 9.17) is 16.9 Å². The zero-order valence-electron chi connectivity index (χ0n) is 14.6. The lowest BCUT2D eigenvalue weighted by Gasteiger charge is -2.29. The highest BCUT2D eigenvalue weighted by Crippen LogP contribution is 2.34. The molecule has 5 heteroatoms. The Morgan fingerprint density at radius 2 is 1.96 bits per heavy atom. The van der Waals surface area contributed by atoms with Crippen LogP contribution in [0.15, 0.2) is 36.7 Å². The van der Waals surface area contributed by atoms with Crippen molar-refractivity contribution in [3.05, 3.63) is 52.9 Å². The minimum absolute atomic E-state index is 0.276. The number of anilines is 1. The molecule has 0 unspecified atom stereocenters. The predicted molar refractivity (Wildman–Crippen MR) is 99.5 cm³/mol. The Hall–Kier alpha value is -2.12. The van der Waals surface area contributed by atoms with E-state index in [-0.39, 0.29) is 6.54 Å². The first-order valence-corrected chi connectivity index (χ1v) is 9.36. The van der Waals surface area contributed by atoms with Gasteiger partial charge in [-0.25, -0.2) is 4.57 Å². The monoisotopic (exact) mass is 355 g/mol. The van der Waals surface area contributed by atoms with Crippen molar-refractivity contribution in [3.8, 4) is 6.07 Å². The fraction of sp³-hybridized carbons (Fsp3) is 0.450. The zero-order chi connectivity index (χ0) is 17.6. The van der Waals surface area contributed by atoms with E-state index < -0.39 is 0 Å². The molecule has 0 aliphatic heterocycles. The van der Waals surface area contributed by atoms with Crippen LogP contribution in [0.1, 0.15) is 49.8 Å². The van der Waals surface area contributed by atoms with Gasteiger partial charge in [-0.1, -0.05) is 48.9 Å². The summed E-state index contributed by atoms with van der Waals surface area (Å²) in [7, 11) is 0. The first kappa shape index (κ1) is 17.7. The van der Waals surface area contributed by atoms with Gasteiger partial charge in [0.05, 0.1) is 0 Å². The van der Waals surface area contributed by atoms with E-state index >= 15 is 0 Å². The number of aromatic nitrogens is 2. The molecule has 0 saturated heterocycles. The Morgan fingerprint density at radius 1 is 1.24 bits per heavy atom. The van der Waals surface area contributed by atoms with E-state index in [2.05, 4.69) is 46.7 Å². The number of hydrogen-bond donors (Lipinski definition) is 1. The fourth-order valence-corrected chi connectivity index (χ4v) is 4.02. The van der Waals surface area contributed by atoms with E-state index in [0.717, 1.165) is 30.8 Å². The molecule has 1 aliphatic carbocycles. The maximum atomic E-state index is 8.92. The molecule has 0 atom stereocenters. The fourth-order valence-electron chi connectivity index (χ4n) is 3.68. The summed E-state index contributed by atoms with van der Waals surface area (Å²) in [6, 6.07) is 13.3. The molecular formula is C20H24ClN4+. The van der Waals surface area contributed by atoms with Gasteiger partial charge in [-0.2, -0.15) is 5.26 Å². The molecule has 1 aromatic heterocycles. The van der Waals surface area contributed by atoms with Gasteiger partial charge in [0, 0.05) is 12.5 Å². The van der Waals surface area contributed by atoms with Crippen LogP contribution < -0.4 is 9.88 Å². The highest BCUT2D eigenvalue weighted by molar-refractivity contribution is 6.33. The minimum atomic E-state index is 0.276. The van der Waals surface area contributed by atoms with Gasteiger partial charge in [-0.15, -0.1) is 0 Å². The van der Waals surface area contributed by atoms with Crippen LogP contribution in [-0.4, -0.2) is 11.0 Å². The summed E-state index contributed by atoms with van der Waals surface area (Å²) in [5, 5.41) is 13.1. The van der Waals surface area contributed by atoms with Crippen LogP contribution in [0.25, 0.3) is 0 Å². The second kappa shape index (κ2) is 8.31. The molecule has 0 bridgehead atoms. The van der Waals surface area contributed by atoms with Crippen molar-refractivity contribution < 1.29 is 4.57 Å². The summed E-state index contributed by atoms with van der Waals surface area (Å²) < 4.78 is 1.82. The molecule has 0 spiro atoms. The van der Waals surface area contributed by atoms with Gasteiger partial charge in [0.1, 0.15) is 11.8 Å². The molecule has 3 rings (SSSR count). The molecule has 25 heavy (non-hydrogen) atoms. The number of nitriles is 1. The molecule has 1 saturated carbocycles. The molecule has 0 amide bonds. The number of nitrogens with zero attached hydrogens (tertiary/aromatic N) is 3. The molecule has 1 aliphatic rings. The predicted octanol–water partition coefficient (Wildman–Crippen LogP) is 4.25. The Labute approximate surface area is 154 Å². The molecule has 1 aromatic carbocycles. The number of nitrogens with one attached hydrogen (secondary N) is 1. The van der Waals surface area contributed by atoms with Crippen LogP contribution in [0.4, 0.5) is 5.82 Å². The van der Waals surface area contributed by atoms with Crippen molar-refractivity contribution in [2.24, 2.45) is 0 Å². The quantitative estimate of drug-likeness (QED) is 0.816. The maximum Gasteiger partial charge on any atom is 0.289 e. The SMILES string of the molecule is CCc1c(Cl)c(NC2CCC(c3ccccc3)CC2)nc[n+]1CC#N. The van der Waals surface area contributed by atoms with Gasteiger partial charge < -0.3 is 5.32 Å². The first-order valence-electron chi connectivity index (χ1n) is 8.98. The van der Waals surface area contributed by atoms with E-state index in [0.29, 0.717) is 17.0 Å². The van der Waals surface area contributed by atoms with Crippen LogP contribution in [0.5, 0.6) is 0 Å². The van der Waals surface area contributed by atoms with Crippen molar-refractivity contribution in [2.45, 2.75) is 57.5 Å².